The van der Waals surface area contributed by atoms with Crippen LogP contribution in [0, 0.1) is 6.20 Å². The van der Waals surface area contributed by atoms with Crippen LogP contribution in [-0.4, -0.2) is 28.0 Å². The molecule has 4 aromatic rings. The third-order valence-corrected chi connectivity index (χ3v) is 5.82. The van der Waals surface area contributed by atoms with Crippen LogP contribution in [0.3, 0.4) is 0 Å². The smallest absolute Gasteiger partial charge is 0.160 e. The number of nitrogens with one attached hydrogen (secondary N) is 1. The van der Waals surface area contributed by atoms with E-state index in [0.717, 1.165) is 40.4 Å². The molecule has 0 amide bonds. The lowest BCUT2D eigenvalue weighted by atomic mass is 10.1. The highest BCUT2D eigenvalue weighted by molar-refractivity contribution is 7.17. The molecule has 0 aliphatic carbocycles. The van der Waals surface area contributed by atoms with Crippen molar-refractivity contribution in [2.75, 3.05) is 23.3 Å². The van der Waals surface area contributed by atoms with Gasteiger partial charge < -0.3 is 10.2 Å². The molecule has 1 fully saturated rings. The minimum atomic E-state index is 0.664. The lowest BCUT2D eigenvalue weighted by Crippen LogP contribution is -2.29. The zero-order valence-corrected chi connectivity index (χ0v) is 16.2. The Bertz CT molecular complexity index is 1080. The van der Waals surface area contributed by atoms with Crippen molar-refractivity contribution in [3.05, 3.63) is 60.2 Å². The summed E-state index contributed by atoms with van der Waals surface area (Å²) in [6.45, 7) is 2.31. The van der Waals surface area contributed by atoms with Crippen molar-refractivity contribution in [1.82, 2.24) is 15.0 Å². The molecule has 1 radical (unpaired) electrons. The van der Waals surface area contributed by atoms with Gasteiger partial charge in [-0.15, -0.1) is 11.3 Å². The normalized spacial score (nSPS) is 14.4. The van der Waals surface area contributed by atoms with Gasteiger partial charge in [0.1, 0.15) is 12.0 Å². The van der Waals surface area contributed by atoms with E-state index >= 15 is 0 Å². The molecular formula is C22H20N5S. The summed E-state index contributed by atoms with van der Waals surface area (Å²) in [5.41, 5.74) is 4.16. The summed E-state index contributed by atoms with van der Waals surface area (Å²) in [7, 11) is 0. The number of rotatable bonds is 4. The molecule has 139 valence electrons. The maximum Gasteiger partial charge on any atom is 0.160 e. The third kappa shape index (κ3) is 3.55. The minimum Gasteiger partial charge on any atom is -0.372 e. The molecule has 0 atom stereocenters. The maximum absolute atomic E-state index is 4.62. The molecule has 4 heterocycles. The SMILES string of the molecule is [c]1nc(-c2ccnc(Nc3ccc(N4CCCCC4)cc3)c2)nc2ccsc12. The Morgan fingerprint density at radius 1 is 1.00 bits per heavy atom. The number of hydrogen-bond donors (Lipinski definition) is 1. The van der Waals surface area contributed by atoms with Crippen LogP contribution in [0.4, 0.5) is 17.2 Å². The first-order chi connectivity index (χ1) is 13.8. The highest BCUT2D eigenvalue weighted by Gasteiger charge is 2.11. The van der Waals surface area contributed by atoms with E-state index in [1.54, 1.807) is 17.5 Å². The summed E-state index contributed by atoms with van der Waals surface area (Å²) in [6.07, 6.45) is 8.76. The van der Waals surface area contributed by atoms with Gasteiger partial charge in [0.05, 0.1) is 10.2 Å². The summed E-state index contributed by atoms with van der Waals surface area (Å²) in [5.74, 6) is 1.44. The molecule has 1 N–H and O–H groups in total. The van der Waals surface area contributed by atoms with Crippen molar-refractivity contribution in [1.29, 1.82) is 0 Å². The predicted octanol–water partition coefficient (Wildman–Crippen LogP) is 5.29. The van der Waals surface area contributed by atoms with Crippen molar-refractivity contribution in [2.45, 2.75) is 19.3 Å². The van der Waals surface area contributed by atoms with Crippen molar-refractivity contribution >= 4 is 38.7 Å². The van der Waals surface area contributed by atoms with Gasteiger partial charge in [-0.05, 0) is 67.1 Å². The van der Waals surface area contributed by atoms with Crippen molar-refractivity contribution in [3.63, 3.8) is 0 Å². The summed E-state index contributed by atoms with van der Waals surface area (Å²) in [6, 6.07) is 14.5. The first kappa shape index (κ1) is 17.1. The predicted molar refractivity (Wildman–Crippen MR) is 115 cm³/mol. The molecule has 5 nitrogen and oxygen atoms in total. The zero-order chi connectivity index (χ0) is 18.8. The molecule has 0 saturated carbocycles. The van der Waals surface area contributed by atoms with Gasteiger partial charge >= 0.3 is 0 Å². The fourth-order valence-electron chi connectivity index (χ4n) is 3.54. The Balaban J connectivity index is 1.34. The number of fused-ring (bicyclic) bond motifs is 1. The maximum atomic E-state index is 4.62. The molecule has 3 aromatic heterocycles. The van der Waals surface area contributed by atoms with E-state index < -0.39 is 0 Å². The number of pyridine rings is 1. The van der Waals surface area contributed by atoms with E-state index in [1.807, 2.05) is 23.6 Å². The lowest BCUT2D eigenvalue weighted by Gasteiger charge is -2.28. The van der Waals surface area contributed by atoms with Gasteiger partial charge in [0, 0.05) is 36.2 Å². The van der Waals surface area contributed by atoms with Gasteiger partial charge in [-0.1, -0.05) is 0 Å². The van der Waals surface area contributed by atoms with E-state index in [2.05, 4.69) is 55.6 Å². The summed E-state index contributed by atoms with van der Waals surface area (Å²) < 4.78 is 0.977. The molecule has 6 heteroatoms. The quantitative estimate of drug-likeness (QED) is 0.517. The van der Waals surface area contributed by atoms with Crippen molar-refractivity contribution < 1.29 is 0 Å². The molecule has 0 bridgehead atoms. The molecule has 1 saturated heterocycles. The van der Waals surface area contributed by atoms with Crippen molar-refractivity contribution in [3.8, 4) is 11.4 Å². The molecule has 0 unspecified atom stereocenters. The van der Waals surface area contributed by atoms with E-state index in [4.69, 9.17) is 0 Å². The van der Waals surface area contributed by atoms with Gasteiger partial charge in [-0.2, -0.15) is 0 Å². The fraction of sp³-hybridized carbons (Fsp3) is 0.227. The van der Waals surface area contributed by atoms with Gasteiger partial charge in [0.25, 0.3) is 0 Å². The van der Waals surface area contributed by atoms with E-state index in [-0.39, 0.29) is 0 Å². The number of anilines is 3. The van der Waals surface area contributed by atoms with Crippen LogP contribution in [0.25, 0.3) is 21.6 Å². The number of piperidine rings is 1. The highest BCUT2D eigenvalue weighted by Crippen LogP contribution is 2.26. The minimum absolute atomic E-state index is 0.664. The molecule has 5 rings (SSSR count). The van der Waals surface area contributed by atoms with Crippen LogP contribution in [0.1, 0.15) is 19.3 Å². The Morgan fingerprint density at radius 3 is 2.71 bits per heavy atom. The second-order valence-corrected chi connectivity index (χ2v) is 7.86. The van der Waals surface area contributed by atoms with Gasteiger partial charge in [-0.25, -0.2) is 15.0 Å². The Morgan fingerprint density at radius 2 is 1.86 bits per heavy atom. The average Bonchev–Trinajstić information content (AvgIpc) is 3.23. The van der Waals surface area contributed by atoms with Crippen LogP contribution in [-0.2, 0) is 0 Å². The monoisotopic (exact) mass is 386 g/mol. The topological polar surface area (TPSA) is 53.9 Å². The van der Waals surface area contributed by atoms with Gasteiger partial charge in [0.2, 0.25) is 0 Å². The van der Waals surface area contributed by atoms with Gasteiger partial charge in [0.15, 0.2) is 5.82 Å². The van der Waals surface area contributed by atoms with Crippen LogP contribution >= 0.6 is 11.3 Å². The molecule has 1 aromatic carbocycles. The second-order valence-electron chi connectivity index (χ2n) is 6.94. The number of nitrogens with zero attached hydrogens (tertiary/aromatic N) is 4. The third-order valence-electron chi connectivity index (χ3n) is 5.01. The van der Waals surface area contributed by atoms with Crippen LogP contribution in [0.2, 0.25) is 0 Å². The van der Waals surface area contributed by atoms with Crippen LogP contribution in [0.5, 0.6) is 0 Å². The largest absolute Gasteiger partial charge is 0.372 e. The Hall–Kier alpha value is -2.99. The molecule has 1 aliphatic rings. The Kier molecular flexibility index (Phi) is 4.62. The van der Waals surface area contributed by atoms with Crippen molar-refractivity contribution in [2.24, 2.45) is 0 Å². The summed E-state index contributed by atoms with van der Waals surface area (Å²) in [5, 5.41) is 5.39. The molecule has 28 heavy (non-hydrogen) atoms. The first-order valence-electron chi connectivity index (χ1n) is 9.56. The van der Waals surface area contributed by atoms with E-state index in [1.165, 1.54) is 24.9 Å². The second kappa shape index (κ2) is 7.56. The lowest BCUT2D eigenvalue weighted by molar-refractivity contribution is 0.578. The number of aromatic nitrogens is 3. The first-order valence-corrected chi connectivity index (χ1v) is 10.4. The van der Waals surface area contributed by atoms with E-state index in [0.29, 0.717) is 5.82 Å². The summed E-state index contributed by atoms with van der Waals surface area (Å²) >= 11 is 1.60. The number of thiophene rings is 1. The van der Waals surface area contributed by atoms with E-state index in [9.17, 15) is 0 Å². The van der Waals surface area contributed by atoms with Crippen LogP contribution < -0.4 is 10.2 Å². The van der Waals surface area contributed by atoms with Crippen LogP contribution in [0.15, 0.2) is 54.0 Å². The molecular weight excluding hydrogens is 366 g/mol. The average molecular weight is 387 g/mol. The number of benzene rings is 1. The van der Waals surface area contributed by atoms with Gasteiger partial charge in [-0.3, -0.25) is 0 Å². The standard InChI is InChI=1S/C22H20N5S/c1-2-11-27(12-3-1)18-6-4-17(5-7-18)25-21-14-16(8-10-23-21)22-24-15-20-19(26-22)9-13-28-20/h4-10,13-14H,1-3,11-12H2,(H,23,25). The Labute approximate surface area is 168 Å². The highest BCUT2D eigenvalue weighted by atomic mass is 32.1. The molecule has 0 spiro atoms. The fourth-order valence-corrected chi connectivity index (χ4v) is 4.21. The zero-order valence-electron chi connectivity index (χ0n) is 15.4. The summed E-state index contributed by atoms with van der Waals surface area (Å²) in [4.78, 5) is 15.9. The molecule has 1 aliphatic heterocycles. The number of hydrogen-bond acceptors (Lipinski definition) is 6.